The van der Waals surface area contributed by atoms with Crippen LogP contribution in [0.25, 0.3) is 10.9 Å². The second kappa shape index (κ2) is 2.59. The molecule has 66 valence electrons. The molecule has 0 bridgehead atoms. The number of nitrogens with zero attached hydrogens (tertiary/aromatic N) is 2. The van der Waals surface area contributed by atoms with E-state index in [2.05, 4.69) is 27.9 Å². The van der Waals surface area contributed by atoms with E-state index in [1.54, 1.807) is 0 Å². The monoisotopic (exact) mass is 172 g/mol. The first-order chi connectivity index (χ1) is 6.43. The molecule has 0 aromatic carbocycles. The van der Waals surface area contributed by atoms with Gasteiger partial charge >= 0.3 is 0 Å². The molecule has 1 aliphatic rings. The summed E-state index contributed by atoms with van der Waals surface area (Å²) in [4.78, 5) is 4.11. The molecular formula is C11H12N2. The maximum atomic E-state index is 4.11. The zero-order chi connectivity index (χ0) is 8.67. The summed E-state index contributed by atoms with van der Waals surface area (Å²) in [6.07, 6.45) is 8.78. The summed E-state index contributed by atoms with van der Waals surface area (Å²) >= 11 is 0. The van der Waals surface area contributed by atoms with Crippen molar-refractivity contribution in [2.24, 2.45) is 5.92 Å². The second-order valence-electron chi connectivity index (χ2n) is 3.85. The molecule has 0 unspecified atom stereocenters. The molecule has 13 heavy (non-hydrogen) atoms. The molecule has 0 aliphatic heterocycles. The number of pyridine rings is 1. The minimum atomic E-state index is 0.934. The highest BCUT2D eigenvalue weighted by atomic mass is 15.0. The first kappa shape index (κ1) is 7.13. The van der Waals surface area contributed by atoms with E-state index in [1.807, 2.05) is 12.4 Å². The molecule has 0 saturated heterocycles. The Labute approximate surface area is 77.2 Å². The van der Waals surface area contributed by atoms with Gasteiger partial charge in [0.2, 0.25) is 0 Å². The van der Waals surface area contributed by atoms with E-state index in [1.165, 1.54) is 30.3 Å². The lowest BCUT2D eigenvalue weighted by molar-refractivity contribution is 0.647. The standard InChI is InChI=1S/C11H12N2/c1-2-9(1)8-13-6-4-10-7-12-5-3-11(10)13/h3-7,9H,1-2,8H2. The van der Waals surface area contributed by atoms with Gasteiger partial charge in [-0.2, -0.15) is 0 Å². The highest BCUT2D eigenvalue weighted by Crippen LogP contribution is 2.31. The zero-order valence-electron chi connectivity index (χ0n) is 7.48. The Balaban J connectivity index is 2.06. The molecule has 1 fully saturated rings. The summed E-state index contributed by atoms with van der Waals surface area (Å²) < 4.78 is 2.34. The predicted molar refractivity (Wildman–Crippen MR) is 52.5 cm³/mol. The molecule has 2 aromatic rings. The molecule has 1 saturated carbocycles. The Morgan fingerprint density at radius 3 is 3.15 bits per heavy atom. The van der Waals surface area contributed by atoms with Gasteiger partial charge < -0.3 is 4.57 Å². The summed E-state index contributed by atoms with van der Waals surface area (Å²) in [6, 6.07) is 4.24. The van der Waals surface area contributed by atoms with Gasteiger partial charge in [-0.1, -0.05) is 0 Å². The minimum Gasteiger partial charge on any atom is -0.347 e. The van der Waals surface area contributed by atoms with Gasteiger partial charge in [-0.05, 0) is 30.9 Å². The summed E-state index contributed by atoms with van der Waals surface area (Å²) in [7, 11) is 0. The van der Waals surface area contributed by atoms with E-state index in [9.17, 15) is 0 Å². The van der Waals surface area contributed by atoms with Crippen molar-refractivity contribution in [1.82, 2.24) is 9.55 Å². The number of hydrogen-bond acceptors (Lipinski definition) is 1. The van der Waals surface area contributed by atoms with Crippen LogP contribution in [-0.2, 0) is 6.54 Å². The van der Waals surface area contributed by atoms with Crippen LogP contribution in [0.3, 0.4) is 0 Å². The zero-order valence-corrected chi connectivity index (χ0v) is 7.48. The minimum absolute atomic E-state index is 0.934. The van der Waals surface area contributed by atoms with Crippen molar-refractivity contribution in [2.75, 3.05) is 0 Å². The van der Waals surface area contributed by atoms with Gasteiger partial charge in [0.15, 0.2) is 0 Å². The van der Waals surface area contributed by atoms with E-state index in [-0.39, 0.29) is 0 Å². The number of hydrogen-bond donors (Lipinski definition) is 0. The maximum Gasteiger partial charge on any atom is 0.0511 e. The van der Waals surface area contributed by atoms with Crippen molar-refractivity contribution in [2.45, 2.75) is 19.4 Å². The SMILES string of the molecule is c1cc2c(ccn2CC2CC2)cn1. The van der Waals surface area contributed by atoms with Crippen LogP contribution in [0.1, 0.15) is 12.8 Å². The van der Waals surface area contributed by atoms with Crippen LogP contribution >= 0.6 is 0 Å². The molecule has 0 radical (unpaired) electrons. The molecular weight excluding hydrogens is 160 g/mol. The Morgan fingerprint density at radius 1 is 1.38 bits per heavy atom. The second-order valence-corrected chi connectivity index (χ2v) is 3.85. The first-order valence-electron chi connectivity index (χ1n) is 4.82. The van der Waals surface area contributed by atoms with Crippen LogP contribution in [0.15, 0.2) is 30.7 Å². The van der Waals surface area contributed by atoms with Gasteiger partial charge in [-0.25, -0.2) is 0 Å². The average Bonchev–Trinajstić information content (AvgIpc) is 2.88. The number of rotatable bonds is 2. The molecule has 0 atom stereocenters. The van der Waals surface area contributed by atoms with Crippen LogP contribution in [0, 0.1) is 5.92 Å². The first-order valence-corrected chi connectivity index (χ1v) is 4.82. The molecule has 2 nitrogen and oxygen atoms in total. The Morgan fingerprint density at radius 2 is 2.31 bits per heavy atom. The molecule has 3 rings (SSSR count). The third kappa shape index (κ3) is 1.22. The van der Waals surface area contributed by atoms with Gasteiger partial charge in [0.05, 0.1) is 5.52 Å². The summed E-state index contributed by atoms with van der Waals surface area (Å²) in [5.74, 6) is 0.934. The third-order valence-corrected chi connectivity index (χ3v) is 2.72. The molecule has 0 amide bonds. The van der Waals surface area contributed by atoms with Crippen molar-refractivity contribution in [3.63, 3.8) is 0 Å². The fourth-order valence-corrected chi connectivity index (χ4v) is 1.78. The van der Waals surface area contributed by atoms with Gasteiger partial charge in [0, 0.05) is 30.5 Å². The summed E-state index contributed by atoms with van der Waals surface area (Å²) in [5, 5.41) is 1.25. The lowest BCUT2D eigenvalue weighted by Gasteiger charge is -2.02. The Hall–Kier alpha value is -1.31. The van der Waals surface area contributed by atoms with Crippen LogP contribution in [0.5, 0.6) is 0 Å². The molecule has 0 N–H and O–H groups in total. The highest BCUT2D eigenvalue weighted by Gasteiger charge is 2.21. The Kier molecular flexibility index (Phi) is 1.42. The average molecular weight is 172 g/mol. The number of aromatic nitrogens is 2. The maximum absolute atomic E-state index is 4.11. The smallest absolute Gasteiger partial charge is 0.0511 e. The van der Waals surface area contributed by atoms with E-state index in [0.29, 0.717) is 0 Å². The molecule has 2 aromatic heterocycles. The van der Waals surface area contributed by atoms with Crippen molar-refractivity contribution in [1.29, 1.82) is 0 Å². The lowest BCUT2D eigenvalue weighted by atomic mass is 10.3. The molecule has 2 heteroatoms. The van der Waals surface area contributed by atoms with Crippen LogP contribution in [0.4, 0.5) is 0 Å². The van der Waals surface area contributed by atoms with Crippen molar-refractivity contribution < 1.29 is 0 Å². The van der Waals surface area contributed by atoms with Crippen molar-refractivity contribution >= 4 is 10.9 Å². The van der Waals surface area contributed by atoms with E-state index >= 15 is 0 Å². The van der Waals surface area contributed by atoms with Gasteiger partial charge in [-0.15, -0.1) is 0 Å². The van der Waals surface area contributed by atoms with E-state index in [0.717, 1.165) is 5.92 Å². The molecule has 2 heterocycles. The normalized spacial score (nSPS) is 16.6. The van der Waals surface area contributed by atoms with Gasteiger partial charge in [0.1, 0.15) is 0 Å². The lowest BCUT2D eigenvalue weighted by Crippen LogP contribution is -1.96. The van der Waals surface area contributed by atoms with Crippen LogP contribution in [0.2, 0.25) is 0 Å². The van der Waals surface area contributed by atoms with E-state index < -0.39 is 0 Å². The van der Waals surface area contributed by atoms with Crippen molar-refractivity contribution in [3.05, 3.63) is 30.7 Å². The van der Waals surface area contributed by atoms with Crippen LogP contribution < -0.4 is 0 Å². The van der Waals surface area contributed by atoms with Crippen molar-refractivity contribution in [3.8, 4) is 0 Å². The topological polar surface area (TPSA) is 17.8 Å². The van der Waals surface area contributed by atoms with Gasteiger partial charge in [0.25, 0.3) is 0 Å². The van der Waals surface area contributed by atoms with E-state index in [4.69, 9.17) is 0 Å². The third-order valence-electron chi connectivity index (χ3n) is 2.72. The fourth-order valence-electron chi connectivity index (χ4n) is 1.78. The molecule has 0 spiro atoms. The Bertz CT molecular complexity index is 426. The largest absolute Gasteiger partial charge is 0.347 e. The predicted octanol–water partition coefficient (Wildman–Crippen LogP) is 2.45. The highest BCUT2D eigenvalue weighted by molar-refractivity contribution is 5.78. The summed E-state index contributed by atoms with van der Waals surface area (Å²) in [5.41, 5.74) is 1.32. The number of fused-ring (bicyclic) bond motifs is 1. The quantitative estimate of drug-likeness (QED) is 0.680. The van der Waals surface area contributed by atoms with Gasteiger partial charge in [-0.3, -0.25) is 4.98 Å². The fraction of sp³-hybridized carbons (Fsp3) is 0.364. The summed E-state index contributed by atoms with van der Waals surface area (Å²) in [6.45, 7) is 1.19. The molecule has 1 aliphatic carbocycles. The van der Waals surface area contributed by atoms with Crippen LogP contribution in [-0.4, -0.2) is 9.55 Å².